The first-order valence-corrected chi connectivity index (χ1v) is 11.4. The number of ether oxygens (including phenoxy) is 3. The van der Waals surface area contributed by atoms with Crippen LogP contribution in [0.4, 0.5) is 0 Å². The van der Waals surface area contributed by atoms with Gasteiger partial charge in [0.2, 0.25) is 17.7 Å². The molecular formula is C24H41N3O6. The van der Waals surface area contributed by atoms with Crippen LogP contribution in [0.2, 0.25) is 0 Å². The molecule has 0 fully saturated rings. The van der Waals surface area contributed by atoms with Crippen LogP contribution in [0.15, 0.2) is 37.5 Å². The topological polar surface area (TPSA) is 115 Å². The summed E-state index contributed by atoms with van der Waals surface area (Å²) in [4.78, 5) is 33.7. The molecule has 0 aromatic carbocycles. The van der Waals surface area contributed by atoms with Crippen molar-refractivity contribution in [3.8, 4) is 0 Å². The Labute approximate surface area is 198 Å². The van der Waals surface area contributed by atoms with Crippen molar-refractivity contribution in [3.05, 3.63) is 37.5 Å². The molecule has 1 atom stereocenters. The maximum atomic E-state index is 11.4. The van der Waals surface area contributed by atoms with Crippen molar-refractivity contribution in [2.45, 2.75) is 45.1 Å². The van der Waals surface area contributed by atoms with Gasteiger partial charge >= 0.3 is 0 Å². The molecule has 0 spiro atoms. The van der Waals surface area contributed by atoms with E-state index in [-0.39, 0.29) is 23.8 Å². The van der Waals surface area contributed by atoms with E-state index in [1.807, 2.05) is 0 Å². The summed E-state index contributed by atoms with van der Waals surface area (Å²) < 4.78 is 17.2. The molecule has 0 saturated carbocycles. The summed E-state index contributed by atoms with van der Waals surface area (Å²) in [5, 5.41) is 8.19. The van der Waals surface area contributed by atoms with Gasteiger partial charge in [0.25, 0.3) is 0 Å². The second kappa shape index (κ2) is 21.4. The fourth-order valence-corrected chi connectivity index (χ4v) is 2.54. The average molecular weight is 468 g/mol. The van der Waals surface area contributed by atoms with Crippen molar-refractivity contribution in [2.75, 3.05) is 52.7 Å². The second-order valence-electron chi connectivity index (χ2n) is 7.41. The Morgan fingerprint density at radius 1 is 0.788 bits per heavy atom. The van der Waals surface area contributed by atoms with Crippen LogP contribution < -0.4 is 16.0 Å². The van der Waals surface area contributed by atoms with E-state index in [1.54, 1.807) is 6.92 Å². The first-order valence-electron chi connectivity index (χ1n) is 11.4. The summed E-state index contributed by atoms with van der Waals surface area (Å²) in [6.45, 7) is 16.3. The summed E-state index contributed by atoms with van der Waals surface area (Å²) in [6, 6.07) is 0. The van der Waals surface area contributed by atoms with Crippen molar-refractivity contribution < 1.29 is 28.6 Å². The minimum absolute atomic E-state index is 0.0821. The minimum Gasteiger partial charge on any atom is -0.381 e. The third kappa shape index (κ3) is 19.9. The van der Waals surface area contributed by atoms with Crippen molar-refractivity contribution in [2.24, 2.45) is 0 Å². The van der Waals surface area contributed by atoms with E-state index in [2.05, 4.69) is 35.7 Å². The Hall–Kier alpha value is -2.49. The maximum Gasteiger partial charge on any atom is 0.246 e. The Balaban J connectivity index is 4.03. The highest BCUT2D eigenvalue weighted by molar-refractivity contribution is 5.92. The molecule has 0 aliphatic heterocycles. The van der Waals surface area contributed by atoms with Gasteiger partial charge in [-0.25, -0.2) is 0 Å². The lowest BCUT2D eigenvalue weighted by atomic mass is 10.2. The molecule has 0 radical (unpaired) electrons. The highest BCUT2D eigenvalue weighted by Gasteiger charge is 2.10. The minimum atomic E-state index is -0.199. The molecule has 1 unspecified atom stereocenters. The van der Waals surface area contributed by atoms with E-state index in [1.165, 1.54) is 12.2 Å². The quantitative estimate of drug-likeness (QED) is 0.165. The zero-order chi connectivity index (χ0) is 24.7. The van der Waals surface area contributed by atoms with Crippen LogP contribution in [0.3, 0.4) is 0 Å². The third-order valence-corrected chi connectivity index (χ3v) is 4.37. The molecule has 3 amide bonds. The predicted molar refractivity (Wildman–Crippen MR) is 129 cm³/mol. The molecule has 9 heteroatoms. The number of carbonyl (C=O) groups is 3. The summed E-state index contributed by atoms with van der Waals surface area (Å²) in [5.41, 5.74) is 0.494. The standard InChI is InChI=1S/C24H41N3O6/c1-5-22(28)25-12-8-17-32-19-21(33-18-10-13-26-23(29)6-2)11-7-15-31-16-9-14-27-24(30)20(3)4/h5-6,21H,1-3,7-19H2,4H3,(H,25,28)(H,26,29)(H,27,30). The van der Waals surface area contributed by atoms with E-state index < -0.39 is 0 Å². The molecule has 0 bridgehead atoms. The van der Waals surface area contributed by atoms with Gasteiger partial charge in [-0.3, -0.25) is 14.4 Å². The molecule has 0 saturated heterocycles. The monoisotopic (exact) mass is 467 g/mol. The van der Waals surface area contributed by atoms with Gasteiger partial charge in [-0.05, 0) is 51.2 Å². The summed E-state index contributed by atoms with van der Waals surface area (Å²) in [7, 11) is 0. The van der Waals surface area contributed by atoms with E-state index in [4.69, 9.17) is 14.2 Å². The van der Waals surface area contributed by atoms with Gasteiger partial charge in [-0.2, -0.15) is 0 Å². The van der Waals surface area contributed by atoms with Crippen LogP contribution in [0.5, 0.6) is 0 Å². The highest BCUT2D eigenvalue weighted by atomic mass is 16.5. The van der Waals surface area contributed by atoms with Gasteiger partial charge in [-0.15, -0.1) is 0 Å². The molecular weight excluding hydrogens is 426 g/mol. The molecule has 0 aliphatic rings. The van der Waals surface area contributed by atoms with Crippen LogP contribution in [-0.2, 0) is 28.6 Å². The van der Waals surface area contributed by atoms with Crippen LogP contribution in [0.1, 0.15) is 39.0 Å². The summed E-state index contributed by atoms with van der Waals surface area (Å²) in [5.74, 6) is -0.533. The maximum absolute atomic E-state index is 11.4. The zero-order valence-electron chi connectivity index (χ0n) is 20.0. The Morgan fingerprint density at radius 2 is 1.30 bits per heavy atom. The fraction of sp³-hybridized carbons (Fsp3) is 0.625. The Kier molecular flexibility index (Phi) is 19.7. The predicted octanol–water partition coefficient (Wildman–Crippen LogP) is 1.65. The first kappa shape index (κ1) is 30.5. The number of nitrogens with one attached hydrogen (secondary N) is 3. The molecule has 3 N–H and O–H groups in total. The normalized spacial score (nSPS) is 11.3. The lowest BCUT2D eigenvalue weighted by Gasteiger charge is -2.18. The van der Waals surface area contributed by atoms with E-state index in [0.717, 1.165) is 19.3 Å². The largest absolute Gasteiger partial charge is 0.381 e. The number of hydrogen-bond acceptors (Lipinski definition) is 6. The van der Waals surface area contributed by atoms with Crippen molar-refractivity contribution in [1.82, 2.24) is 16.0 Å². The molecule has 0 aromatic rings. The van der Waals surface area contributed by atoms with Crippen molar-refractivity contribution in [3.63, 3.8) is 0 Å². The smallest absolute Gasteiger partial charge is 0.246 e. The molecule has 0 heterocycles. The summed E-state index contributed by atoms with van der Waals surface area (Å²) in [6.07, 6.45) is 6.11. The van der Waals surface area contributed by atoms with E-state index in [0.29, 0.717) is 71.1 Å². The number of amides is 3. The molecule has 33 heavy (non-hydrogen) atoms. The van der Waals surface area contributed by atoms with Crippen molar-refractivity contribution >= 4 is 17.7 Å². The van der Waals surface area contributed by atoms with Gasteiger partial charge < -0.3 is 30.2 Å². The average Bonchev–Trinajstić information content (AvgIpc) is 2.81. The lowest BCUT2D eigenvalue weighted by molar-refractivity contribution is -0.118. The molecule has 0 aromatic heterocycles. The van der Waals surface area contributed by atoms with Gasteiger partial charge in [0.15, 0.2) is 0 Å². The van der Waals surface area contributed by atoms with Gasteiger partial charge in [0, 0.05) is 51.6 Å². The molecule has 0 rings (SSSR count). The van der Waals surface area contributed by atoms with Crippen LogP contribution >= 0.6 is 0 Å². The fourth-order valence-electron chi connectivity index (χ4n) is 2.54. The Bertz CT molecular complexity index is 609. The molecule has 188 valence electrons. The lowest BCUT2D eigenvalue weighted by Crippen LogP contribution is -2.26. The molecule has 9 nitrogen and oxygen atoms in total. The SMILES string of the molecule is C=CC(=O)NCCCOCC(CCCOCCCNC(=O)C(=C)C)OCCCNC(=O)C=C. The van der Waals surface area contributed by atoms with E-state index in [9.17, 15) is 14.4 Å². The van der Waals surface area contributed by atoms with Gasteiger partial charge in [-0.1, -0.05) is 19.7 Å². The number of rotatable bonds is 22. The number of hydrogen-bond donors (Lipinski definition) is 3. The second-order valence-corrected chi connectivity index (χ2v) is 7.41. The van der Waals surface area contributed by atoms with E-state index >= 15 is 0 Å². The first-order chi connectivity index (χ1) is 15.9. The van der Waals surface area contributed by atoms with Crippen molar-refractivity contribution in [1.29, 1.82) is 0 Å². The van der Waals surface area contributed by atoms with Crippen LogP contribution in [0.25, 0.3) is 0 Å². The van der Waals surface area contributed by atoms with Crippen LogP contribution in [0, 0.1) is 0 Å². The summed E-state index contributed by atoms with van der Waals surface area (Å²) >= 11 is 0. The zero-order valence-corrected chi connectivity index (χ0v) is 20.0. The third-order valence-electron chi connectivity index (χ3n) is 4.37. The number of carbonyl (C=O) groups excluding carboxylic acids is 3. The van der Waals surface area contributed by atoms with Gasteiger partial charge in [0.05, 0.1) is 12.7 Å². The van der Waals surface area contributed by atoms with Crippen LogP contribution in [-0.4, -0.2) is 76.5 Å². The highest BCUT2D eigenvalue weighted by Crippen LogP contribution is 2.05. The van der Waals surface area contributed by atoms with Gasteiger partial charge in [0.1, 0.15) is 0 Å². The Morgan fingerprint density at radius 3 is 1.88 bits per heavy atom. The molecule has 0 aliphatic carbocycles.